The van der Waals surface area contributed by atoms with Gasteiger partial charge < -0.3 is 5.32 Å². The molecule has 3 aromatic rings. The van der Waals surface area contributed by atoms with Crippen LogP contribution in [0.4, 0.5) is 14.5 Å². The molecule has 0 aliphatic rings. The second-order valence-electron chi connectivity index (χ2n) is 6.24. The minimum Gasteiger partial charge on any atom is -0.323 e. The first-order valence-electron chi connectivity index (χ1n) is 8.38. The molecular weight excluding hydrogens is 368 g/mol. The Morgan fingerprint density at radius 3 is 2.70 bits per heavy atom. The predicted octanol–water partition coefficient (Wildman–Crippen LogP) is 4.89. The van der Waals surface area contributed by atoms with E-state index in [9.17, 15) is 13.6 Å². The van der Waals surface area contributed by atoms with Crippen molar-refractivity contribution in [2.75, 3.05) is 5.32 Å². The standard InChI is InChI=1S/C20H19F2N3OS/c1-12-4-5-13(2)18(10-12)25-9-8-23-20(25)27-14(3)19(26)24-17-7-6-15(21)11-16(17)22/h4-11,14H,1-3H3,(H,24,26). The first kappa shape index (κ1) is 19.1. The second-order valence-corrected chi connectivity index (χ2v) is 7.55. The summed E-state index contributed by atoms with van der Waals surface area (Å²) in [5.41, 5.74) is 3.16. The van der Waals surface area contributed by atoms with Crippen molar-refractivity contribution < 1.29 is 13.6 Å². The molecule has 0 fully saturated rings. The molecule has 7 heteroatoms. The zero-order chi connectivity index (χ0) is 19.6. The Labute approximate surface area is 160 Å². The Hall–Kier alpha value is -2.67. The highest BCUT2D eigenvalue weighted by Gasteiger charge is 2.19. The third-order valence-electron chi connectivity index (χ3n) is 4.07. The van der Waals surface area contributed by atoms with Gasteiger partial charge in [0.15, 0.2) is 5.16 Å². The van der Waals surface area contributed by atoms with E-state index in [-0.39, 0.29) is 11.6 Å². The summed E-state index contributed by atoms with van der Waals surface area (Å²) >= 11 is 1.27. The van der Waals surface area contributed by atoms with E-state index in [0.29, 0.717) is 5.16 Å². The van der Waals surface area contributed by atoms with E-state index < -0.39 is 16.9 Å². The number of amides is 1. The van der Waals surface area contributed by atoms with Crippen LogP contribution in [0.15, 0.2) is 53.9 Å². The van der Waals surface area contributed by atoms with Crippen LogP contribution < -0.4 is 5.32 Å². The number of imidazole rings is 1. The number of nitrogens with one attached hydrogen (secondary N) is 1. The molecule has 1 unspecified atom stereocenters. The normalized spacial score (nSPS) is 12.0. The van der Waals surface area contributed by atoms with Crippen LogP contribution in [-0.2, 0) is 4.79 Å². The summed E-state index contributed by atoms with van der Waals surface area (Å²) in [5.74, 6) is -1.89. The maximum Gasteiger partial charge on any atom is 0.237 e. The van der Waals surface area contributed by atoms with Crippen molar-refractivity contribution in [1.82, 2.24) is 9.55 Å². The van der Waals surface area contributed by atoms with Crippen LogP contribution in [0.25, 0.3) is 5.69 Å². The number of thioether (sulfide) groups is 1. The molecule has 0 saturated carbocycles. The van der Waals surface area contributed by atoms with Gasteiger partial charge in [-0.2, -0.15) is 0 Å². The third kappa shape index (κ3) is 4.36. The SMILES string of the molecule is Cc1ccc(C)c(-n2ccnc2SC(C)C(=O)Nc2ccc(F)cc2F)c1. The fourth-order valence-electron chi connectivity index (χ4n) is 2.58. The number of hydrogen-bond acceptors (Lipinski definition) is 3. The smallest absolute Gasteiger partial charge is 0.237 e. The van der Waals surface area contributed by atoms with E-state index in [1.807, 2.05) is 36.7 Å². The molecule has 2 aromatic carbocycles. The lowest BCUT2D eigenvalue weighted by molar-refractivity contribution is -0.115. The van der Waals surface area contributed by atoms with E-state index in [1.165, 1.54) is 17.8 Å². The minimum absolute atomic E-state index is 0.0493. The van der Waals surface area contributed by atoms with E-state index in [2.05, 4.69) is 16.4 Å². The lowest BCUT2D eigenvalue weighted by Crippen LogP contribution is -2.23. The molecule has 4 nitrogen and oxygen atoms in total. The number of carbonyl (C=O) groups is 1. The van der Waals surface area contributed by atoms with Gasteiger partial charge in [-0.25, -0.2) is 13.8 Å². The third-order valence-corrected chi connectivity index (χ3v) is 5.15. The minimum atomic E-state index is -0.808. The lowest BCUT2D eigenvalue weighted by Gasteiger charge is -2.15. The Morgan fingerprint density at radius 2 is 1.96 bits per heavy atom. The first-order chi connectivity index (χ1) is 12.8. The maximum atomic E-state index is 13.7. The average molecular weight is 387 g/mol. The highest BCUT2D eigenvalue weighted by molar-refractivity contribution is 8.00. The molecule has 0 bridgehead atoms. The molecule has 1 N–H and O–H groups in total. The van der Waals surface area contributed by atoms with Gasteiger partial charge in [-0.05, 0) is 50.1 Å². The summed E-state index contributed by atoms with van der Waals surface area (Å²) in [6, 6.07) is 9.17. The summed E-state index contributed by atoms with van der Waals surface area (Å²) < 4.78 is 28.7. The molecule has 0 spiro atoms. The molecule has 0 radical (unpaired) electrons. The van der Waals surface area contributed by atoms with Crippen molar-refractivity contribution in [3.8, 4) is 5.69 Å². The van der Waals surface area contributed by atoms with Gasteiger partial charge >= 0.3 is 0 Å². The molecule has 3 rings (SSSR count). The van der Waals surface area contributed by atoms with Crippen molar-refractivity contribution in [3.63, 3.8) is 0 Å². The highest BCUT2D eigenvalue weighted by Crippen LogP contribution is 2.27. The molecule has 27 heavy (non-hydrogen) atoms. The van der Waals surface area contributed by atoms with E-state index >= 15 is 0 Å². The first-order valence-corrected chi connectivity index (χ1v) is 9.26. The van der Waals surface area contributed by atoms with Gasteiger partial charge in [0.05, 0.1) is 16.6 Å². The number of aryl methyl sites for hydroxylation is 2. The summed E-state index contributed by atoms with van der Waals surface area (Å²) in [5, 5.41) is 2.62. The van der Waals surface area contributed by atoms with Gasteiger partial charge in [-0.1, -0.05) is 23.9 Å². The fraction of sp³-hybridized carbons (Fsp3) is 0.200. The number of hydrogen-bond donors (Lipinski definition) is 1. The molecule has 1 heterocycles. The van der Waals surface area contributed by atoms with E-state index in [0.717, 1.165) is 28.9 Å². The summed E-state index contributed by atoms with van der Waals surface area (Å²) in [4.78, 5) is 16.8. The van der Waals surface area contributed by atoms with Crippen LogP contribution in [0.3, 0.4) is 0 Å². The van der Waals surface area contributed by atoms with Gasteiger partial charge in [-0.15, -0.1) is 0 Å². The monoisotopic (exact) mass is 387 g/mol. The number of carbonyl (C=O) groups excluding carboxylic acids is 1. The quantitative estimate of drug-likeness (QED) is 0.634. The van der Waals surface area contributed by atoms with Crippen LogP contribution >= 0.6 is 11.8 Å². The lowest BCUT2D eigenvalue weighted by atomic mass is 10.1. The Kier molecular flexibility index (Phi) is 5.60. The molecule has 1 amide bonds. The predicted molar refractivity (Wildman–Crippen MR) is 103 cm³/mol. The van der Waals surface area contributed by atoms with Crippen LogP contribution in [0.5, 0.6) is 0 Å². The highest BCUT2D eigenvalue weighted by atomic mass is 32.2. The molecule has 1 aromatic heterocycles. The van der Waals surface area contributed by atoms with Crippen LogP contribution in [0.2, 0.25) is 0 Å². The van der Waals surface area contributed by atoms with Crippen molar-refractivity contribution in [3.05, 3.63) is 71.6 Å². The molecule has 0 aliphatic heterocycles. The fourth-order valence-corrected chi connectivity index (χ4v) is 3.45. The second kappa shape index (κ2) is 7.92. The van der Waals surface area contributed by atoms with Gasteiger partial charge in [0.1, 0.15) is 11.6 Å². The van der Waals surface area contributed by atoms with Crippen LogP contribution in [-0.4, -0.2) is 20.7 Å². The van der Waals surface area contributed by atoms with Crippen molar-refractivity contribution in [2.45, 2.75) is 31.2 Å². The zero-order valence-electron chi connectivity index (χ0n) is 15.2. The Balaban J connectivity index is 1.77. The summed E-state index contributed by atoms with van der Waals surface area (Å²) in [6.07, 6.45) is 3.52. The van der Waals surface area contributed by atoms with Gasteiger partial charge in [0.25, 0.3) is 0 Å². The summed E-state index contributed by atoms with van der Waals surface area (Å²) in [6.45, 7) is 5.74. The Morgan fingerprint density at radius 1 is 1.19 bits per heavy atom. The van der Waals surface area contributed by atoms with E-state index in [1.54, 1.807) is 13.1 Å². The number of nitrogens with zero attached hydrogens (tertiary/aromatic N) is 2. The number of rotatable bonds is 5. The molecule has 1 atom stereocenters. The van der Waals surface area contributed by atoms with Crippen molar-refractivity contribution in [1.29, 1.82) is 0 Å². The molecule has 0 saturated heterocycles. The average Bonchev–Trinajstić information content (AvgIpc) is 3.07. The van der Waals surface area contributed by atoms with Crippen LogP contribution in [0, 0.1) is 25.5 Å². The van der Waals surface area contributed by atoms with Crippen LogP contribution in [0.1, 0.15) is 18.1 Å². The molecular formula is C20H19F2N3OS. The number of benzene rings is 2. The molecule has 0 aliphatic carbocycles. The zero-order valence-corrected chi connectivity index (χ0v) is 16.0. The van der Waals surface area contributed by atoms with Crippen molar-refractivity contribution >= 4 is 23.4 Å². The molecule has 140 valence electrons. The van der Waals surface area contributed by atoms with Crippen molar-refractivity contribution in [2.24, 2.45) is 0 Å². The number of halogens is 2. The number of aromatic nitrogens is 2. The largest absolute Gasteiger partial charge is 0.323 e. The van der Waals surface area contributed by atoms with Gasteiger partial charge in [0.2, 0.25) is 5.91 Å². The number of anilines is 1. The van der Waals surface area contributed by atoms with Gasteiger partial charge in [0, 0.05) is 18.5 Å². The van der Waals surface area contributed by atoms with E-state index in [4.69, 9.17) is 0 Å². The topological polar surface area (TPSA) is 46.9 Å². The summed E-state index contributed by atoms with van der Waals surface area (Å²) in [7, 11) is 0. The van der Waals surface area contributed by atoms with Gasteiger partial charge in [-0.3, -0.25) is 9.36 Å². The Bertz CT molecular complexity index is 987. The maximum absolute atomic E-state index is 13.7.